The molecule has 1 aromatic carbocycles. The SMILES string of the molecule is O=C(O)c1c(Cl)cc(F)cc1NC(=O)C(F)(F)F. The molecule has 0 bridgehead atoms. The molecule has 4 nitrogen and oxygen atoms in total. The van der Waals surface area contributed by atoms with E-state index >= 15 is 0 Å². The lowest BCUT2D eigenvalue weighted by atomic mass is 10.1. The number of aromatic carboxylic acids is 1. The van der Waals surface area contributed by atoms with E-state index in [-0.39, 0.29) is 0 Å². The molecule has 0 aromatic heterocycles. The van der Waals surface area contributed by atoms with E-state index in [1.165, 1.54) is 5.32 Å². The van der Waals surface area contributed by atoms with E-state index in [2.05, 4.69) is 0 Å². The quantitative estimate of drug-likeness (QED) is 0.821. The molecule has 0 aliphatic rings. The molecule has 1 amide bonds. The van der Waals surface area contributed by atoms with Crippen molar-refractivity contribution >= 4 is 29.2 Å². The smallest absolute Gasteiger partial charge is 0.471 e. The van der Waals surface area contributed by atoms with E-state index in [9.17, 15) is 27.2 Å². The number of nitrogens with one attached hydrogen (secondary N) is 1. The summed E-state index contributed by atoms with van der Waals surface area (Å²) in [5.41, 5.74) is -1.69. The number of alkyl halides is 3. The Labute approximate surface area is 102 Å². The fourth-order valence-corrected chi connectivity index (χ4v) is 1.37. The van der Waals surface area contributed by atoms with Gasteiger partial charge in [-0.25, -0.2) is 9.18 Å². The van der Waals surface area contributed by atoms with Gasteiger partial charge >= 0.3 is 18.1 Å². The summed E-state index contributed by atoms with van der Waals surface area (Å²) in [5, 5.41) is 9.33. The van der Waals surface area contributed by atoms with Crippen LogP contribution in [0.25, 0.3) is 0 Å². The van der Waals surface area contributed by atoms with Gasteiger partial charge in [0.05, 0.1) is 10.7 Å². The molecule has 0 unspecified atom stereocenters. The number of hydrogen-bond acceptors (Lipinski definition) is 2. The highest BCUT2D eigenvalue weighted by Gasteiger charge is 2.39. The first kappa shape index (κ1) is 14.2. The number of carbonyl (C=O) groups is 2. The van der Waals surface area contributed by atoms with Crippen LogP contribution in [-0.4, -0.2) is 23.2 Å². The number of carbonyl (C=O) groups excluding carboxylic acids is 1. The Morgan fingerprint density at radius 3 is 2.28 bits per heavy atom. The largest absolute Gasteiger partial charge is 0.478 e. The number of rotatable bonds is 2. The molecular formula is C9H4ClF4NO3. The van der Waals surface area contributed by atoms with Gasteiger partial charge < -0.3 is 10.4 Å². The Bertz CT molecular complexity index is 515. The van der Waals surface area contributed by atoms with Crippen molar-refractivity contribution in [2.75, 3.05) is 5.32 Å². The number of halogens is 5. The summed E-state index contributed by atoms with van der Waals surface area (Å²) in [6.07, 6.45) is -5.23. The van der Waals surface area contributed by atoms with Gasteiger partial charge in [0.25, 0.3) is 0 Å². The topological polar surface area (TPSA) is 66.4 Å². The van der Waals surface area contributed by atoms with Gasteiger partial charge in [-0.2, -0.15) is 13.2 Å². The summed E-state index contributed by atoms with van der Waals surface area (Å²) in [6.45, 7) is 0. The Balaban J connectivity index is 3.24. The third kappa shape index (κ3) is 3.10. The number of carboxylic acid groups (broad SMARTS) is 1. The summed E-state index contributed by atoms with van der Waals surface area (Å²) in [5.74, 6) is -5.20. The highest BCUT2D eigenvalue weighted by Crippen LogP contribution is 2.28. The standard InChI is InChI=1S/C9H4ClF4NO3/c10-4-1-3(11)2-5(6(4)7(16)17)15-8(18)9(12,13)14/h1-2H,(H,15,18)(H,16,17). The monoisotopic (exact) mass is 285 g/mol. The maximum absolute atomic E-state index is 12.9. The Hall–Kier alpha value is -1.83. The number of hydrogen-bond donors (Lipinski definition) is 2. The minimum absolute atomic E-state index is 0.430. The van der Waals surface area contributed by atoms with E-state index < -0.39 is 40.1 Å². The lowest BCUT2D eigenvalue weighted by Crippen LogP contribution is -2.30. The molecule has 0 radical (unpaired) electrons. The molecule has 0 atom stereocenters. The molecule has 0 aliphatic heterocycles. The highest BCUT2D eigenvalue weighted by atomic mass is 35.5. The second-order valence-electron chi connectivity index (χ2n) is 3.07. The molecule has 18 heavy (non-hydrogen) atoms. The van der Waals surface area contributed by atoms with Crippen molar-refractivity contribution in [1.82, 2.24) is 0 Å². The summed E-state index contributed by atoms with van der Waals surface area (Å²) in [4.78, 5) is 21.4. The first-order chi connectivity index (χ1) is 8.12. The van der Waals surface area contributed by atoms with E-state index in [0.717, 1.165) is 0 Å². The lowest BCUT2D eigenvalue weighted by molar-refractivity contribution is -0.167. The number of benzene rings is 1. The van der Waals surface area contributed by atoms with Crippen molar-refractivity contribution in [2.24, 2.45) is 0 Å². The molecule has 0 aliphatic carbocycles. The van der Waals surface area contributed by atoms with Gasteiger partial charge in [0.15, 0.2) is 0 Å². The first-order valence-electron chi connectivity index (χ1n) is 4.23. The second kappa shape index (κ2) is 4.81. The van der Waals surface area contributed by atoms with E-state index in [1.54, 1.807) is 0 Å². The number of anilines is 1. The lowest BCUT2D eigenvalue weighted by Gasteiger charge is -2.11. The van der Waals surface area contributed by atoms with E-state index in [1.807, 2.05) is 0 Å². The van der Waals surface area contributed by atoms with Gasteiger partial charge in [0, 0.05) is 0 Å². The van der Waals surface area contributed by atoms with Crippen molar-refractivity contribution in [2.45, 2.75) is 6.18 Å². The summed E-state index contributed by atoms with van der Waals surface area (Å²) >= 11 is 5.37. The van der Waals surface area contributed by atoms with Gasteiger partial charge in [0.1, 0.15) is 11.4 Å². The molecule has 2 N–H and O–H groups in total. The number of amides is 1. The van der Waals surface area contributed by atoms with Crippen LogP contribution < -0.4 is 5.32 Å². The van der Waals surface area contributed by atoms with Crippen LogP contribution in [0.5, 0.6) is 0 Å². The van der Waals surface area contributed by atoms with Crippen LogP contribution in [0, 0.1) is 5.82 Å². The predicted molar refractivity (Wildman–Crippen MR) is 53.1 cm³/mol. The van der Waals surface area contributed by atoms with Crippen molar-refractivity contribution in [3.8, 4) is 0 Å². The van der Waals surface area contributed by atoms with Crippen LogP contribution in [-0.2, 0) is 4.79 Å². The normalized spacial score (nSPS) is 11.2. The van der Waals surface area contributed by atoms with E-state index in [4.69, 9.17) is 16.7 Å². The van der Waals surface area contributed by atoms with Gasteiger partial charge in [-0.05, 0) is 12.1 Å². The molecule has 0 saturated heterocycles. The van der Waals surface area contributed by atoms with Crippen LogP contribution in [0.4, 0.5) is 23.2 Å². The second-order valence-corrected chi connectivity index (χ2v) is 3.47. The third-order valence-corrected chi connectivity index (χ3v) is 2.07. The zero-order chi connectivity index (χ0) is 14.1. The molecule has 98 valence electrons. The minimum Gasteiger partial charge on any atom is -0.478 e. The Morgan fingerprint density at radius 1 is 1.28 bits per heavy atom. The fraction of sp³-hybridized carbons (Fsp3) is 0.111. The fourth-order valence-electron chi connectivity index (χ4n) is 1.08. The molecular weight excluding hydrogens is 282 g/mol. The summed E-state index contributed by atoms with van der Waals surface area (Å²) < 4.78 is 48.9. The van der Waals surface area contributed by atoms with Gasteiger partial charge in [-0.1, -0.05) is 11.6 Å². The third-order valence-electron chi connectivity index (χ3n) is 1.77. The van der Waals surface area contributed by atoms with Gasteiger partial charge in [0.2, 0.25) is 0 Å². The van der Waals surface area contributed by atoms with Crippen LogP contribution in [0.3, 0.4) is 0 Å². The predicted octanol–water partition coefficient (Wildman–Crippen LogP) is 2.68. The molecule has 0 spiro atoms. The first-order valence-corrected chi connectivity index (χ1v) is 4.61. The Morgan fingerprint density at radius 2 is 1.83 bits per heavy atom. The van der Waals surface area contributed by atoms with E-state index in [0.29, 0.717) is 12.1 Å². The van der Waals surface area contributed by atoms with Gasteiger partial charge in [-0.3, -0.25) is 4.79 Å². The van der Waals surface area contributed by atoms with Crippen molar-refractivity contribution in [3.05, 3.63) is 28.5 Å². The summed E-state index contributed by atoms with van der Waals surface area (Å²) in [7, 11) is 0. The van der Waals surface area contributed by atoms with Crippen molar-refractivity contribution < 1.29 is 32.3 Å². The molecule has 1 aromatic rings. The van der Waals surface area contributed by atoms with Crippen molar-refractivity contribution in [1.29, 1.82) is 0 Å². The van der Waals surface area contributed by atoms with Crippen LogP contribution in [0.1, 0.15) is 10.4 Å². The maximum atomic E-state index is 12.9. The van der Waals surface area contributed by atoms with Crippen LogP contribution in [0.15, 0.2) is 12.1 Å². The van der Waals surface area contributed by atoms with Gasteiger partial charge in [-0.15, -0.1) is 0 Å². The molecule has 9 heteroatoms. The molecule has 0 heterocycles. The maximum Gasteiger partial charge on any atom is 0.471 e. The molecule has 0 fully saturated rings. The highest BCUT2D eigenvalue weighted by molar-refractivity contribution is 6.34. The van der Waals surface area contributed by atoms with Crippen molar-refractivity contribution in [3.63, 3.8) is 0 Å². The summed E-state index contributed by atoms with van der Waals surface area (Å²) in [6, 6.07) is 1.03. The molecule has 0 saturated carbocycles. The Kier molecular flexibility index (Phi) is 3.80. The zero-order valence-corrected chi connectivity index (χ0v) is 9.06. The van der Waals surface area contributed by atoms with Crippen LogP contribution in [0.2, 0.25) is 5.02 Å². The average molecular weight is 286 g/mol. The molecule has 1 rings (SSSR count). The average Bonchev–Trinajstić information content (AvgIpc) is 2.13. The minimum atomic E-state index is -5.23. The van der Waals surface area contributed by atoms with Crippen LogP contribution >= 0.6 is 11.6 Å². The zero-order valence-electron chi connectivity index (χ0n) is 8.31. The number of carboxylic acids is 1.